The first kappa shape index (κ1) is 28.3. The molecule has 4 aromatic rings. The minimum Gasteiger partial charge on any atom is -0.350 e. The predicted octanol–water partition coefficient (Wildman–Crippen LogP) is 6.39. The number of unbranched alkanes of at least 4 members (excludes halogenated alkanes) is 1. The molecule has 1 aliphatic rings. The smallest absolute Gasteiger partial charge is 0.251 e. The molecule has 0 bridgehead atoms. The van der Waals surface area contributed by atoms with Crippen molar-refractivity contribution in [2.75, 3.05) is 6.54 Å². The maximum Gasteiger partial charge on any atom is 0.251 e. The normalized spacial score (nSPS) is 16.5. The monoisotopic (exact) mass is 545 g/mol. The summed E-state index contributed by atoms with van der Waals surface area (Å²) in [6, 6.07) is 36.3. The number of amides is 2. The first-order chi connectivity index (χ1) is 20.1. The molecule has 0 heterocycles. The highest BCUT2D eigenvalue weighted by molar-refractivity contribution is 5.97. The summed E-state index contributed by atoms with van der Waals surface area (Å²) >= 11 is 0. The molecule has 0 saturated heterocycles. The molecule has 1 fully saturated rings. The van der Waals surface area contributed by atoms with E-state index in [0.29, 0.717) is 30.5 Å². The number of carbonyl (C=O) groups is 2. The van der Waals surface area contributed by atoms with Gasteiger partial charge in [-0.05, 0) is 73.5 Å². The van der Waals surface area contributed by atoms with Crippen molar-refractivity contribution in [1.82, 2.24) is 16.0 Å². The number of hydrogen-bond donors (Lipinski definition) is 3. The van der Waals surface area contributed by atoms with Gasteiger partial charge in [-0.15, -0.1) is 0 Å². The standard InChI is InChI=1S/C36H39N3O2/c1-26-11-10-12-27(23-26)25-38-36(41)33(17-8-9-22-37-34-24-32(34)30-15-6-3-7-16-30)39-35(40)31-20-18-29(19-21-31)28-13-4-2-5-14-28/h2-7,10-16,18-21,23,32-34,37H,8-9,17,22,24-25H2,1H3,(H,38,41)(H,39,40)/t32-,33?,34+/m0/s1. The molecule has 2 amide bonds. The molecule has 3 atom stereocenters. The average Bonchev–Trinajstić information content (AvgIpc) is 3.80. The second-order valence-electron chi connectivity index (χ2n) is 11.0. The van der Waals surface area contributed by atoms with Gasteiger partial charge in [0.05, 0.1) is 0 Å². The van der Waals surface area contributed by atoms with E-state index in [9.17, 15) is 9.59 Å². The molecule has 5 heteroatoms. The van der Waals surface area contributed by atoms with E-state index >= 15 is 0 Å². The topological polar surface area (TPSA) is 70.2 Å². The number of carbonyl (C=O) groups excluding carboxylic acids is 2. The molecular weight excluding hydrogens is 506 g/mol. The van der Waals surface area contributed by atoms with Crippen molar-refractivity contribution in [3.05, 3.63) is 131 Å². The van der Waals surface area contributed by atoms with Gasteiger partial charge < -0.3 is 16.0 Å². The van der Waals surface area contributed by atoms with Crippen molar-refractivity contribution in [1.29, 1.82) is 0 Å². The van der Waals surface area contributed by atoms with Gasteiger partial charge in [-0.3, -0.25) is 9.59 Å². The third kappa shape index (κ3) is 8.15. The first-order valence-corrected chi connectivity index (χ1v) is 14.6. The van der Waals surface area contributed by atoms with Gasteiger partial charge >= 0.3 is 0 Å². The van der Waals surface area contributed by atoms with E-state index in [1.54, 1.807) is 0 Å². The Labute approximate surface area is 243 Å². The minimum absolute atomic E-state index is 0.153. The van der Waals surface area contributed by atoms with E-state index in [2.05, 4.69) is 52.3 Å². The van der Waals surface area contributed by atoms with Crippen molar-refractivity contribution < 1.29 is 9.59 Å². The number of hydrogen-bond acceptors (Lipinski definition) is 3. The highest BCUT2D eigenvalue weighted by Gasteiger charge is 2.37. The fraction of sp³-hybridized carbons (Fsp3) is 0.278. The molecule has 41 heavy (non-hydrogen) atoms. The van der Waals surface area contributed by atoms with Gasteiger partial charge in [0.1, 0.15) is 6.04 Å². The fourth-order valence-electron chi connectivity index (χ4n) is 5.34. The molecule has 1 aliphatic carbocycles. The molecule has 0 radical (unpaired) electrons. The Morgan fingerprint density at radius 3 is 2.24 bits per heavy atom. The van der Waals surface area contributed by atoms with Crippen molar-refractivity contribution >= 4 is 11.8 Å². The van der Waals surface area contributed by atoms with Crippen LogP contribution in [0.5, 0.6) is 0 Å². The van der Waals surface area contributed by atoms with Crippen LogP contribution in [0.25, 0.3) is 11.1 Å². The van der Waals surface area contributed by atoms with Gasteiger partial charge in [0.2, 0.25) is 5.91 Å². The van der Waals surface area contributed by atoms with Crippen LogP contribution >= 0.6 is 0 Å². The van der Waals surface area contributed by atoms with Gasteiger partial charge in [-0.1, -0.05) is 103 Å². The van der Waals surface area contributed by atoms with E-state index in [-0.39, 0.29) is 11.8 Å². The maximum atomic E-state index is 13.2. The summed E-state index contributed by atoms with van der Waals surface area (Å²) in [6.07, 6.45) is 3.54. The van der Waals surface area contributed by atoms with Gasteiger partial charge in [-0.25, -0.2) is 0 Å². The van der Waals surface area contributed by atoms with Crippen LogP contribution in [0.15, 0.2) is 109 Å². The van der Waals surface area contributed by atoms with Gasteiger partial charge in [0, 0.05) is 24.1 Å². The number of aryl methyl sites for hydroxylation is 1. The second-order valence-corrected chi connectivity index (χ2v) is 11.0. The summed E-state index contributed by atoms with van der Waals surface area (Å²) in [5, 5.41) is 9.70. The van der Waals surface area contributed by atoms with Crippen molar-refractivity contribution in [3.63, 3.8) is 0 Å². The SMILES string of the molecule is Cc1cccc(CNC(=O)C(CCCCN[C@@H]2C[C@H]2c2ccccc2)NC(=O)c2ccc(-c3ccccc3)cc2)c1. The van der Waals surface area contributed by atoms with Crippen LogP contribution < -0.4 is 16.0 Å². The average molecular weight is 546 g/mol. The van der Waals surface area contributed by atoms with Crippen LogP contribution in [0, 0.1) is 6.92 Å². The Kier molecular flexibility index (Phi) is 9.61. The zero-order chi connectivity index (χ0) is 28.4. The predicted molar refractivity (Wildman–Crippen MR) is 166 cm³/mol. The Hall–Kier alpha value is -4.22. The van der Waals surface area contributed by atoms with Gasteiger partial charge in [0.15, 0.2) is 0 Å². The number of benzene rings is 4. The number of rotatable bonds is 13. The molecule has 4 aromatic carbocycles. The lowest BCUT2D eigenvalue weighted by Gasteiger charge is -2.19. The molecular formula is C36H39N3O2. The van der Waals surface area contributed by atoms with E-state index in [4.69, 9.17) is 0 Å². The summed E-state index contributed by atoms with van der Waals surface area (Å²) in [5.74, 6) is 0.214. The summed E-state index contributed by atoms with van der Waals surface area (Å²) in [5.41, 5.74) is 6.29. The van der Waals surface area contributed by atoms with Crippen LogP contribution in [0.3, 0.4) is 0 Å². The van der Waals surface area contributed by atoms with Crippen LogP contribution in [0.2, 0.25) is 0 Å². The third-order valence-corrected chi connectivity index (χ3v) is 7.77. The second kappa shape index (κ2) is 13.9. The van der Waals surface area contributed by atoms with Crippen molar-refractivity contribution in [2.24, 2.45) is 0 Å². The lowest BCUT2D eigenvalue weighted by atomic mass is 10.0. The molecule has 3 N–H and O–H groups in total. The minimum atomic E-state index is -0.598. The Balaban J connectivity index is 1.15. The zero-order valence-electron chi connectivity index (χ0n) is 23.7. The highest BCUT2D eigenvalue weighted by Crippen LogP contribution is 2.40. The van der Waals surface area contributed by atoms with Crippen LogP contribution in [-0.4, -0.2) is 30.4 Å². The highest BCUT2D eigenvalue weighted by atomic mass is 16.2. The van der Waals surface area contributed by atoms with E-state index < -0.39 is 6.04 Å². The van der Waals surface area contributed by atoms with Crippen molar-refractivity contribution in [2.45, 2.75) is 57.2 Å². The largest absolute Gasteiger partial charge is 0.350 e. The summed E-state index contributed by atoms with van der Waals surface area (Å²) in [4.78, 5) is 26.4. The maximum absolute atomic E-state index is 13.2. The molecule has 1 unspecified atom stereocenters. The van der Waals surface area contributed by atoms with E-state index in [1.807, 2.05) is 79.7 Å². The lowest BCUT2D eigenvalue weighted by Crippen LogP contribution is -2.46. The van der Waals surface area contributed by atoms with Crippen LogP contribution in [-0.2, 0) is 11.3 Å². The quantitative estimate of drug-likeness (QED) is 0.171. The van der Waals surface area contributed by atoms with Gasteiger partial charge in [-0.2, -0.15) is 0 Å². The molecule has 210 valence electrons. The Morgan fingerprint density at radius 1 is 0.805 bits per heavy atom. The first-order valence-electron chi connectivity index (χ1n) is 14.6. The third-order valence-electron chi connectivity index (χ3n) is 7.77. The number of nitrogens with one attached hydrogen (secondary N) is 3. The molecule has 5 nitrogen and oxygen atoms in total. The molecule has 0 aliphatic heterocycles. The summed E-state index contributed by atoms with van der Waals surface area (Å²) in [7, 11) is 0. The van der Waals surface area contributed by atoms with Crippen LogP contribution in [0.4, 0.5) is 0 Å². The molecule has 0 spiro atoms. The summed E-state index contributed by atoms with van der Waals surface area (Å²) in [6.45, 7) is 3.37. The Bertz CT molecular complexity index is 1420. The molecule has 1 saturated carbocycles. The van der Waals surface area contributed by atoms with Crippen molar-refractivity contribution in [3.8, 4) is 11.1 Å². The fourth-order valence-corrected chi connectivity index (χ4v) is 5.34. The van der Waals surface area contributed by atoms with E-state index in [0.717, 1.165) is 41.6 Å². The Morgan fingerprint density at radius 2 is 1.51 bits per heavy atom. The molecule has 5 rings (SSSR count). The summed E-state index contributed by atoms with van der Waals surface area (Å²) < 4.78 is 0. The lowest BCUT2D eigenvalue weighted by molar-refractivity contribution is -0.123. The van der Waals surface area contributed by atoms with Gasteiger partial charge in [0.25, 0.3) is 5.91 Å². The zero-order valence-corrected chi connectivity index (χ0v) is 23.7. The van der Waals surface area contributed by atoms with E-state index in [1.165, 1.54) is 12.0 Å². The van der Waals surface area contributed by atoms with Crippen LogP contribution in [0.1, 0.15) is 58.6 Å². The molecule has 0 aromatic heterocycles.